The molecule has 22 heavy (non-hydrogen) atoms. The third kappa shape index (κ3) is 5.48. The van der Waals surface area contributed by atoms with Crippen LogP contribution in [0.2, 0.25) is 0 Å². The molecule has 118 valence electrons. The summed E-state index contributed by atoms with van der Waals surface area (Å²) in [5, 5.41) is 13.0. The Hall–Kier alpha value is -1.89. The van der Waals surface area contributed by atoms with Crippen molar-refractivity contribution >= 4 is 17.2 Å². The minimum absolute atomic E-state index is 0.252. The molecule has 0 spiro atoms. The average molecular weight is 320 g/mol. The van der Waals surface area contributed by atoms with Gasteiger partial charge >= 0.3 is 0 Å². The van der Waals surface area contributed by atoms with E-state index in [2.05, 4.69) is 5.32 Å². The lowest BCUT2D eigenvalue weighted by Crippen LogP contribution is -2.32. The van der Waals surface area contributed by atoms with Gasteiger partial charge in [-0.25, -0.2) is 0 Å². The molecule has 4 N–H and O–H groups in total. The van der Waals surface area contributed by atoms with Crippen molar-refractivity contribution in [2.24, 2.45) is 5.73 Å². The van der Waals surface area contributed by atoms with Crippen LogP contribution in [0, 0.1) is 0 Å². The minimum Gasteiger partial charge on any atom is -0.491 e. The molecule has 1 heterocycles. The van der Waals surface area contributed by atoms with Crippen molar-refractivity contribution in [3.8, 4) is 5.75 Å². The van der Waals surface area contributed by atoms with Crippen molar-refractivity contribution in [3.05, 3.63) is 52.2 Å². The largest absolute Gasteiger partial charge is 0.491 e. The quantitative estimate of drug-likeness (QED) is 0.610. The first-order valence-corrected chi connectivity index (χ1v) is 7.92. The second-order valence-corrected chi connectivity index (χ2v) is 6.03. The van der Waals surface area contributed by atoms with Gasteiger partial charge < -0.3 is 20.9 Å². The number of ether oxygens (including phenoxy) is 1. The van der Waals surface area contributed by atoms with Crippen LogP contribution in [0.3, 0.4) is 0 Å². The molecule has 0 bridgehead atoms. The average Bonchev–Trinajstić information content (AvgIpc) is 3.00. The van der Waals surface area contributed by atoms with Crippen molar-refractivity contribution in [1.82, 2.24) is 5.32 Å². The molecule has 0 aliphatic rings. The van der Waals surface area contributed by atoms with Gasteiger partial charge in [-0.1, -0.05) is 18.2 Å². The Labute approximate surface area is 133 Å². The maximum Gasteiger partial charge on any atom is 0.258 e. The fourth-order valence-corrected chi connectivity index (χ4v) is 2.75. The number of aliphatic hydroxyl groups excluding tert-OH is 1. The van der Waals surface area contributed by atoms with Crippen LogP contribution in [-0.2, 0) is 6.42 Å². The molecule has 0 saturated carbocycles. The van der Waals surface area contributed by atoms with Gasteiger partial charge in [0.15, 0.2) is 0 Å². The highest BCUT2D eigenvalue weighted by atomic mass is 32.1. The molecule has 0 aliphatic heterocycles. The molecule has 0 unspecified atom stereocenters. The second-order valence-electron chi connectivity index (χ2n) is 4.86. The van der Waals surface area contributed by atoms with Crippen LogP contribution in [0.1, 0.15) is 14.5 Å². The first-order chi connectivity index (χ1) is 10.6. The molecular weight excluding hydrogens is 300 g/mol. The van der Waals surface area contributed by atoms with Crippen LogP contribution in [0.5, 0.6) is 5.75 Å². The van der Waals surface area contributed by atoms with Crippen molar-refractivity contribution in [2.75, 3.05) is 19.7 Å². The van der Waals surface area contributed by atoms with Gasteiger partial charge in [-0.05, 0) is 30.7 Å². The van der Waals surface area contributed by atoms with E-state index < -0.39 is 12.0 Å². The SMILES string of the molecule is NC(=O)c1ccc(CCNC[C@H](O)COc2ccccc2)s1. The van der Waals surface area contributed by atoms with E-state index >= 15 is 0 Å². The van der Waals surface area contributed by atoms with E-state index in [1.807, 2.05) is 36.4 Å². The van der Waals surface area contributed by atoms with Crippen LogP contribution >= 0.6 is 11.3 Å². The number of carbonyl (C=O) groups is 1. The summed E-state index contributed by atoms with van der Waals surface area (Å²) in [6.07, 6.45) is 0.231. The number of rotatable bonds is 9. The number of benzene rings is 1. The van der Waals surface area contributed by atoms with Crippen LogP contribution in [-0.4, -0.2) is 36.8 Å². The second kappa shape index (κ2) is 8.53. The van der Waals surface area contributed by atoms with E-state index in [1.165, 1.54) is 11.3 Å². The molecule has 0 radical (unpaired) electrons. The van der Waals surface area contributed by atoms with E-state index in [0.717, 1.165) is 23.6 Å². The van der Waals surface area contributed by atoms with Crippen LogP contribution in [0.15, 0.2) is 42.5 Å². The predicted molar refractivity (Wildman–Crippen MR) is 87.4 cm³/mol. The van der Waals surface area contributed by atoms with Gasteiger partial charge in [0.1, 0.15) is 18.5 Å². The zero-order valence-corrected chi connectivity index (χ0v) is 13.0. The normalized spacial score (nSPS) is 12.0. The van der Waals surface area contributed by atoms with E-state index in [1.54, 1.807) is 6.07 Å². The molecule has 6 heteroatoms. The number of nitrogens with two attached hydrogens (primary N) is 1. The molecular formula is C16H20N2O3S. The number of aliphatic hydroxyl groups is 1. The maximum atomic E-state index is 11.0. The lowest BCUT2D eigenvalue weighted by Gasteiger charge is -2.13. The maximum absolute atomic E-state index is 11.0. The number of para-hydroxylation sites is 1. The molecule has 1 aromatic carbocycles. The third-order valence-corrected chi connectivity index (χ3v) is 4.18. The van der Waals surface area contributed by atoms with Crippen molar-refractivity contribution in [2.45, 2.75) is 12.5 Å². The van der Waals surface area contributed by atoms with Gasteiger partial charge in [0.25, 0.3) is 5.91 Å². The smallest absolute Gasteiger partial charge is 0.258 e. The molecule has 2 aromatic rings. The molecule has 1 aromatic heterocycles. The monoisotopic (exact) mass is 320 g/mol. The standard InChI is InChI=1S/C16H20N2O3S/c17-16(20)15-7-6-14(22-15)8-9-18-10-12(19)11-21-13-4-2-1-3-5-13/h1-7,12,18-19H,8-11H2,(H2,17,20)/t12-/m0/s1. The first-order valence-electron chi connectivity index (χ1n) is 7.10. The number of nitrogens with one attached hydrogen (secondary N) is 1. The molecule has 1 atom stereocenters. The van der Waals surface area contributed by atoms with Crippen LogP contribution in [0.25, 0.3) is 0 Å². The molecule has 0 fully saturated rings. The highest BCUT2D eigenvalue weighted by Crippen LogP contribution is 2.15. The molecule has 0 saturated heterocycles. The number of hydrogen-bond donors (Lipinski definition) is 3. The Morgan fingerprint density at radius 3 is 2.73 bits per heavy atom. The number of primary amides is 1. The fraction of sp³-hybridized carbons (Fsp3) is 0.312. The van der Waals surface area contributed by atoms with Crippen molar-refractivity contribution in [3.63, 3.8) is 0 Å². The zero-order chi connectivity index (χ0) is 15.8. The van der Waals surface area contributed by atoms with Gasteiger partial charge in [-0.3, -0.25) is 4.79 Å². The van der Waals surface area contributed by atoms with Crippen molar-refractivity contribution < 1.29 is 14.6 Å². The summed E-state index contributed by atoms with van der Waals surface area (Å²) in [6, 6.07) is 13.1. The molecule has 1 amide bonds. The Morgan fingerprint density at radius 2 is 2.05 bits per heavy atom. The molecule has 2 rings (SSSR count). The van der Waals surface area contributed by atoms with Gasteiger partial charge in [-0.15, -0.1) is 11.3 Å². The number of amides is 1. The summed E-state index contributed by atoms with van der Waals surface area (Å²) in [4.78, 5) is 12.7. The lowest BCUT2D eigenvalue weighted by atomic mass is 10.3. The summed E-state index contributed by atoms with van der Waals surface area (Å²) in [5.41, 5.74) is 5.21. The summed E-state index contributed by atoms with van der Waals surface area (Å²) in [5.74, 6) is 0.358. The highest BCUT2D eigenvalue weighted by molar-refractivity contribution is 7.14. The minimum atomic E-state index is -0.565. The highest BCUT2D eigenvalue weighted by Gasteiger charge is 2.07. The summed E-state index contributed by atoms with van der Waals surface area (Å²) in [6.45, 7) is 1.43. The Morgan fingerprint density at radius 1 is 1.27 bits per heavy atom. The Bertz CT molecular complexity index is 586. The number of hydrogen-bond acceptors (Lipinski definition) is 5. The van der Waals surface area contributed by atoms with E-state index in [9.17, 15) is 9.90 Å². The van der Waals surface area contributed by atoms with Crippen molar-refractivity contribution in [1.29, 1.82) is 0 Å². The Kier molecular flexibility index (Phi) is 6.39. The fourth-order valence-electron chi connectivity index (χ4n) is 1.89. The Balaban J connectivity index is 1.60. The summed E-state index contributed by atoms with van der Waals surface area (Å²) in [7, 11) is 0. The first kappa shape index (κ1) is 16.5. The van der Waals surface area contributed by atoms with E-state index in [4.69, 9.17) is 10.5 Å². The van der Waals surface area contributed by atoms with E-state index in [-0.39, 0.29) is 6.61 Å². The number of thiophene rings is 1. The summed E-state index contributed by atoms with van der Waals surface area (Å²) < 4.78 is 5.47. The zero-order valence-electron chi connectivity index (χ0n) is 12.2. The molecule has 0 aliphatic carbocycles. The van der Waals surface area contributed by atoms with Gasteiger partial charge in [0.2, 0.25) is 0 Å². The lowest BCUT2D eigenvalue weighted by molar-refractivity contribution is 0.100. The van der Waals surface area contributed by atoms with Crippen LogP contribution in [0.4, 0.5) is 0 Å². The van der Waals surface area contributed by atoms with Gasteiger partial charge in [0, 0.05) is 18.0 Å². The van der Waals surface area contributed by atoms with Crippen LogP contribution < -0.4 is 15.8 Å². The van der Waals surface area contributed by atoms with Gasteiger partial charge in [0.05, 0.1) is 4.88 Å². The predicted octanol–water partition coefficient (Wildman–Crippen LogP) is 1.42. The van der Waals surface area contributed by atoms with Gasteiger partial charge in [-0.2, -0.15) is 0 Å². The number of carbonyl (C=O) groups excluding carboxylic acids is 1. The topological polar surface area (TPSA) is 84.6 Å². The summed E-state index contributed by atoms with van der Waals surface area (Å²) >= 11 is 1.41. The van der Waals surface area contributed by atoms with E-state index in [0.29, 0.717) is 11.4 Å². The third-order valence-electron chi connectivity index (χ3n) is 3.02. The molecule has 5 nitrogen and oxygen atoms in total.